The van der Waals surface area contributed by atoms with Crippen molar-refractivity contribution in [1.82, 2.24) is 14.9 Å². The number of nitrogens with zero attached hydrogens (tertiary/aromatic N) is 2. The third-order valence-electron chi connectivity index (χ3n) is 6.43. The van der Waals surface area contributed by atoms with Crippen LogP contribution in [0.1, 0.15) is 47.6 Å². The summed E-state index contributed by atoms with van der Waals surface area (Å²) in [6, 6.07) is 5.70. The van der Waals surface area contributed by atoms with Crippen molar-refractivity contribution >= 4 is 56.6 Å². The molecule has 1 aromatic carbocycles. The molecule has 0 spiro atoms. The van der Waals surface area contributed by atoms with E-state index in [1.807, 2.05) is 24.4 Å². The summed E-state index contributed by atoms with van der Waals surface area (Å²) in [5.74, 6) is -0.589. The van der Waals surface area contributed by atoms with E-state index in [0.717, 1.165) is 28.6 Å². The zero-order valence-corrected chi connectivity index (χ0v) is 20.1. The van der Waals surface area contributed by atoms with E-state index in [1.54, 1.807) is 4.90 Å². The van der Waals surface area contributed by atoms with Gasteiger partial charge in [-0.3, -0.25) is 14.4 Å². The minimum atomic E-state index is -0.428. The molecule has 1 fully saturated rings. The van der Waals surface area contributed by atoms with E-state index in [2.05, 4.69) is 29.1 Å². The van der Waals surface area contributed by atoms with Crippen LogP contribution in [0.5, 0.6) is 0 Å². The Morgan fingerprint density at radius 2 is 2.15 bits per heavy atom. The molecular weight excluding hydrogens is 460 g/mol. The summed E-state index contributed by atoms with van der Waals surface area (Å²) in [5, 5.41) is 5.01. The largest absolute Gasteiger partial charge is 0.361 e. The van der Waals surface area contributed by atoms with E-state index in [-0.39, 0.29) is 29.4 Å². The topological polar surface area (TPSA) is 95.2 Å². The Balaban J connectivity index is 1.21. The molecule has 1 saturated heterocycles. The molecule has 0 radical (unpaired) electrons. The summed E-state index contributed by atoms with van der Waals surface area (Å²) in [5.41, 5.74) is 2.74. The fraction of sp³-hybridized carbons (Fsp3) is 0.417. The first-order valence-electron chi connectivity index (χ1n) is 11.1. The number of carbonyl (C=O) groups excluding carboxylic acids is 3. The third kappa shape index (κ3) is 4.42. The Labute approximate surface area is 200 Å². The molecule has 33 heavy (non-hydrogen) atoms. The molecule has 7 nitrogen and oxygen atoms in total. The number of H-pyrrole nitrogens is 1. The van der Waals surface area contributed by atoms with E-state index >= 15 is 0 Å². The van der Waals surface area contributed by atoms with Crippen LogP contribution in [0.15, 0.2) is 24.4 Å². The average molecular weight is 485 g/mol. The number of halogens is 1. The number of amides is 2. The number of fused-ring (bicyclic) bond motifs is 2. The molecule has 2 aliphatic rings. The molecule has 2 aromatic heterocycles. The van der Waals surface area contributed by atoms with Crippen LogP contribution in [0.25, 0.3) is 10.9 Å². The van der Waals surface area contributed by atoms with Crippen LogP contribution in [0.3, 0.4) is 0 Å². The second-order valence-corrected chi connectivity index (χ2v) is 11.2. The quantitative estimate of drug-likeness (QED) is 0.558. The number of carbonyl (C=O) groups is 3. The van der Waals surface area contributed by atoms with Gasteiger partial charge in [0, 0.05) is 48.1 Å². The first-order valence-corrected chi connectivity index (χ1v) is 12.2. The molecule has 1 aliphatic heterocycles. The van der Waals surface area contributed by atoms with Crippen LogP contribution >= 0.6 is 22.9 Å². The summed E-state index contributed by atoms with van der Waals surface area (Å²) >= 11 is 7.37. The zero-order valence-electron chi connectivity index (χ0n) is 18.5. The number of benzene rings is 1. The molecule has 9 heteroatoms. The fourth-order valence-corrected chi connectivity index (χ4v) is 5.85. The molecule has 3 aromatic rings. The Morgan fingerprint density at radius 3 is 2.97 bits per heavy atom. The lowest BCUT2D eigenvalue weighted by Gasteiger charge is -2.26. The summed E-state index contributed by atoms with van der Waals surface area (Å²) in [4.78, 5) is 47.9. The number of hydrogen-bond acceptors (Lipinski definition) is 5. The number of ketones is 1. The highest BCUT2D eigenvalue weighted by Gasteiger charge is 2.36. The van der Waals surface area contributed by atoms with Gasteiger partial charge in [-0.15, -0.1) is 0 Å². The molecule has 0 bridgehead atoms. The number of hydrogen-bond donors (Lipinski definition) is 2. The van der Waals surface area contributed by atoms with Gasteiger partial charge in [-0.2, -0.15) is 0 Å². The lowest BCUT2D eigenvalue weighted by Crippen LogP contribution is -2.30. The van der Waals surface area contributed by atoms with Gasteiger partial charge in [0.1, 0.15) is 0 Å². The summed E-state index contributed by atoms with van der Waals surface area (Å²) in [7, 11) is 0. The SMILES string of the molecule is CC1(C)CC(=O)c2sc(NC(=O)[C@@H]3CC(=O)N(CCc4c[nH]c5ccc(Cl)cc45)C3)nc2C1. The van der Waals surface area contributed by atoms with Gasteiger partial charge in [-0.1, -0.05) is 36.8 Å². The van der Waals surface area contributed by atoms with Crippen molar-refractivity contribution in [3.63, 3.8) is 0 Å². The van der Waals surface area contributed by atoms with Crippen LogP contribution in [0.2, 0.25) is 5.02 Å². The maximum absolute atomic E-state index is 12.8. The fourth-order valence-electron chi connectivity index (χ4n) is 4.76. The van der Waals surface area contributed by atoms with Gasteiger partial charge in [0.15, 0.2) is 10.9 Å². The molecule has 2 N–H and O–H groups in total. The van der Waals surface area contributed by atoms with Gasteiger partial charge < -0.3 is 15.2 Å². The Morgan fingerprint density at radius 1 is 1.33 bits per heavy atom. The summed E-state index contributed by atoms with van der Waals surface area (Å²) in [6.45, 7) is 5.02. The first kappa shape index (κ1) is 22.1. The predicted octanol–water partition coefficient (Wildman–Crippen LogP) is 4.46. The Hall–Kier alpha value is -2.71. The van der Waals surface area contributed by atoms with Gasteiger partial charge >= 0.3 is 0 Å². The number of Topliss-reactive ketones (excluding diaryl/α,β-unsaturated/α-hetero) is 1. The highest BCUT2D eigenvalue weighted by atomic mass is 35.5. The van der Waals surface area contributed by atoms with Crippen molar-refractivity contribution in [1.29, 1.82) is 0 Å². The molecule has 3 heterocycles. The second-order valence-electron chi connectivity index (χ2n) is 9.72. The maximum Gasteiger partial charge on any atom is 0.231 e. The van der Waals surface area contributed by atoms with Gasteiger partial charge in [0.05, 0.1) is 16.5 Å². The predicted molar refractivity (Wildman–Crippen MR) is 129 cm³/mol. The standard InChI is InChI=1S/C24H25ClN4O3S/c1-24(2)9-18-21(19(30)10-24)33-23(27-18)28-22(32)14-7-20(31)29(12-14)6-5-13-11-26-17-4-3-15(25)8-16(13)17/h3-4,8,11,14,26H,5-7,9-10,12H2,1-2H3,(H,27,28,32)/t14-/m1/s1. The molecule has 5 rings (SSSR count). The number of likely N-dealkylation sites (tertiary alicyclic amines) is 1. The lowest BCUT2D eigenvalue weighted by molar-refractivity contribution is -0.128. The number of aromatic amines is 1. The Bertz CT molecular complexity index is 1280. The average Bonchev–Trinajstić information content (AvgIpc) is 3.42. The first-order chi connectivity index (χ1) is 15.7. The minimum absolute atomic E-state index is 0.0246. The molecular formula is C24H25ClN4O3S. The van der Waals surface area contributed by atoms with Crippen LogP contribution in [0, 0.1) is 11.3 Å². The second kappa shape index (κ2) is 8.25. The van der Waals surface area contributed by atoms with Gasteiger partial charge in [0.2, 0.25) is 11.8 Å². The normalized spacial score (nSPS) is 19.8. The van der Waals surface area contributed by atoms with Crippen molar-refractivity contribution in [2.45, 2.75) is 39.5 Å². The van der Waals surface area contributed by atoms with Crippen LogP contribution < -0.4 is 5.32 Å². The molecule has 1 aliphatic carbocycles. The number of thiazole rings is 1. The van der Waals surface area contributed by atoms with Crippen molar-refractivity contribution in [3.05, 3.63) is 45.6 Å². The van der Waals surface area contributed by atoms with E-state index in [4.69, 9.17) is 11.6 Å². The van der Waals surface area contributed by atoms with Gasteiger partial charge in [0.25, 0.3) is 0 Å². The number of nitrogens with one attached hydrogen (secondary N) is 2. The van der Waals surface area contributed by atoms with E-state index < -0.39 is 5.92 Å². The maximum atomic E-state index is 12.8. The highest BCUT2D eigenvalue weighted by molar-refractivity contribution is 7.17. The van der Waals surface area contributed by atoms with Crippen molar-refractivity contribution in [2.24, 2.45) is 11.3 Å². The van der Waals surface area contributed by atoms with Crippen molar-refractivity contribution in [3.8, 4) is 0 Å². The monoisotopic (exact) mass is 484 g/mol. The van der Waals surface area contributed by atoms with Gasteiger partial charge in [-0.05, 0) is 42.0 Å². The van der Waals surface area contributed by atoms with E-state index in [0.29, 0.717) is 41.0 Å². The minimum Gasteiger partial charge on any atom is -0.361 e. The number of rotatable bonds is 5. The van der Waals surface area contributed by atoms with E-state index in [9.17, 15) is 14.4 Å². The number of anilines is 1. The van der Waals surface area contributed by atoms with Crippen molar-refractivity contribution in [2.75, 3.05) is 18.4 Å². The van der Waals surface area contributed by atoms with Crippen LogP contribution in [-0.4, -0.2) is 45.6 Å². The van der Waals surface area contributed by atoms with Crippen molar-refractivity contribution < 1.29 is 14.4 Å². The molecule has 172 valence electrons. The van der Waals surface area contributed by atoms with E-state index in [1.165, 1.54) is 11.3 Å². The molecule has 0 saturated carbocycles. The zero-order chi connectivity index (χ0) is 23.3. The molecule has 1 atom stereocenters. The smallest absolute Gasteiger partial charge is 0.231 e. The third-order valence-corrected chi connectivity index (χ3v) is 7.72. The van der Waals surface area contributed by atoms with Crippen LogP contribution in [0.4, 0.5) is 5.13 Å². The van der Waals surface area contributed by atoms with Crippen LogP contribution in [-0.2, 0) is 22.4 Å². The lowest BCUT2D eigenvalue weighted by atomic mass is 9.78. The highest BCUT2D eigenvalue weighted by Crippen LogP contribution is 2.38. The molecule has 0 unspecified atom stereocenters. The molecule has 2 amide bonds. The number of aromatic nitrogens is 2. The summed E-state index contributed by atoms with van der Waals surface area (Å²) in [6.07, 6.45) is 4.01. The van der Waals surface area contributed by atoms with Gasteiger partial charge in [-0.25, -0.2) is 4.98 Å². The summed E-state index contributed by atoms with van der Waals surface area (Å²) < 4.78 is 0. The Kier molecular flexibility index (Phi) is 5.53.